The van der Waals surface area contributed by atoms with Crippen LogP contribution in [0.4, 0.5) is 0 Å². The molecule has 0 aliphatic rings. The van der Waals surface area contributed by atoms with Gasteiger partial charge in [0.2, 0.25) is 0 Å². The third kappa shape index (κ3) is 2.55. The molecule has 0 aliphatic carbocycles. The third-order valence-electron chi connectivity index (χ3n) is 2.03. The Kier molecular flexibility index (Phi) is 3.43. The van der Waals surface area contributed by atoms with E-state index in [9.17, 15) is 14.4 Å². The van der Waals surface area contributed by atoms with Crippen LogP contribution < -0.4 is 11.2 Å². The number of carbonyl (C=O) groups is 1. The van der Waals surface area contributed by atoms with E-state index in [1.165, 1.54) is 16.8 Å². The van der Waals surface area contributed by atoms with Crippen LogP contribution in [0.5, 0.6) is 0 Å². The monoisotopic (exact) mass is 212 g/mol. The lowest BCUT2D eigenvalue weighted by Crippen LogP contribution is -2.39. The van der Waals surface area contributed by atoms with Crippen LogP contribution in [0.15, 0.2) is 21.9 Å². The number of aromatic nitrogens is 2. The Morgan fingerprint density at radius 1 is 1.47 bits per heavy atom. The molecule has 1 aromatic heterocycles. The fraction of sp³-hybridized carbons (Fsp3) is 0.444. The largest absolute Gasteiger partial charge is 0.481 e. The maximum atomic E-state index is 11.6. The van der Waals surface area contributed by atoms with Gasteiger partial charge < -0.3 is 9.67 Å². The van der Waals surface area contributed by atoms with Crippen molar-refractivity contribution in [3.63, 3.8) is 0 Å². The van der Waals surface area contributed by atoms with Crippen LogP contribution in [-0.4, -0.2) is 20.2 Å². The minimum atomic E-state index is -1.03. The van der Waals surface area contributed by atoms with Crippen molar-refractivity contribution < 1.29 is 9.90 Å². The highest BCUT2D eigenvalue weighted by Crippen LogP contribution is 1.84. The van der Waals surface area contributed by atoms with Crippen molar-refractivity contribution in [1.29, 1.82) is 0 Å². The molecule has 1 aromatic rings. The maximum Gasteiger partial charge on any atom is 0.330 e. The van der Waals surface area contributed by atoms with Crippen LogP contribution in [0.2, 0.25) is 0 Å². The van der Waals surface area contributed by atoms with Crippen molar-refractivity contribution in [2.75, 3.05) is 0 Å². The zero-order valence-corrected chi connectivity index (χ0v) is 8.34. The first-order chi connectivity index (χ1) is 7.06. The van der Waals surface area contributed by atoms with E-state index in [-0.39, 0.29) is 13.0 Å². The summed E-state index contributed by atoms with van der Waals surface area (Å²) in [5.74, 6) is -1.03. The van der Waals surface area contributed by atoms with Crippen LogP contribution in [0, 0.1) is 0 Å². The predicted octanol–water partition coefficient (Wildman–Crippen LogP) is -0.495. The number of hydrogen-bond donors (Lipinski definition) is 1. The second kappa shape index (κ2) is 4.59. The highest BCUT2D eigenvalue weighted by atomic mass is 16.4. The lowest BCUT2D eigenvalue weighted by atomic mass is 10.4. The molecule has 15 heavy (non-hydrogen) atoms. The van der Waals surface area contributed by atoms with E-state index in [1.54, 1.807) is 6.92 Å². The van der Waals surface area contributed by atoms with Gasteiger partial charge in [0.05, 0.1) is 6.42 Å². The van der Waals surface area contributed by atoms with Gasteiger partial charge in [-0.15, -0.1) is 0 Å². The number of nitrogens with zero attached hydrogens (tertiary/aromatic N) is 2. The topological polar surface area (TPSA) is 81.3 Å². The quantitative estimate of drug-likeness (QED) is 0.729. The third-order valence-corrected chi connectivity index (χ3v) is 2.03. The molecule has 0 radical (unpaired) electrons. The first-order valence-corrected chi connectivity index (χ1v) is 4.58. The summed E-state index contributed by atoms with van der Waals surface area (Å²) in [6.07, 6.45) is 1.17. The van der Waals surface area contributed by atoms with Gasteiger partial charge in [0.15, 0.2) is 0 Å². The summed E-state index contributed by atoms with van der Waals surface area (Å²) in [4.78, 5) is 33.2. The Morgan fingerprint density at radius 2 is 2.13 bits per heavy atom. The van der Waals surface area contributed by atoms with Crippen molar-refractivity contribution in [3.8, 4) is 0 Å². The molecule has 0 aliphatic heterocycles. The van der Waals surface area contributed by atoms with E-state index in [1.807, 2.05) is 0 Å². The van der Waals surface area contributed by atoms with E-state index < -0.39 is 17.2 Å². The minimum absolute atomic E-state index is 0.0894. The van der Waals surface area contributed by atoms with E-state index in [2.05, 4.69) is 0 Å². The molecule has 6 nitrogen and oxygen atoms in total. The highest BCUT2D eigenvalue weighted by molar-refractivity contribution is 5.66. The van der Waals surface area contributed by atoms with Gasteiger partial charge in [0, 0.05) is 25.4 Å². The van der Waals surface area contributed by atoms with Crippen molar-refractivity contribution in [3.05, 3.63) is 33.1 Å². The van der Waals surface area contributed by atoms with Gasteiger partial charge in [-0.3, -0.25) is 14.2 Å². The van der Waals surface area contributed by atoms with Crippen LogP contribution in [-0.2, 0) is 17.9 Å². The lowest BCUT2D eigenvalue weighted by Gasteiger charge is -2.06. The Morgan fingerprint density at radius 3 is 2.67 bits per heavy atom. The molecule has 0 saturated heterocycles. The van der Waals surface area contributed by atoms with Gasteiger partial charge in [-0.25, -0.2) is 4.79 Å². The molecule has 0 saturated carbocycles. The molecule has 82 valence electrons. The molecule has 0 bridgehead atoms. The first-order valence-electron chi connectivity index (χ1n) is 4.58. The zero-order chi connectivity index (χ0) is 11.4. The summed E-state index contributed by atoms with van der Waals surface area (Å²) in [5.41, 5.74) is -0.933. The summed E-state index contributed by atoms with van der Waals surface area (Å²) in [5, 5.41) is 8.46. The molecular formula is C9H12N2O4. The van der Waals surface area contributed by atoms with Crippen molar-refractivity contribution in [1.82, 2.24) is 9.13 Å². The fourth-order valence-corrected chi connectivity index (χ4v) is 1.21. The summed E-state index contributed by atoms with van der Waals surface area (Å²) in [7, 11) is 0. The standard InChI is InChI=1S/C9H12N2O4/c1-2-10-5-3-7(12)11(9(10)15)6-4-8(13)14/h3,5H,2,4,6H2,1H3,(H,13,14). The molecule has 0 unspecified atom stereocenters. The summed E-state index contributed by atoms with van der Waals surface area (Å²) < 4.78 is 2.28. The predicted molar refractivity (Wildman–Crippen MR) is 52.9 cm³/mol. The van der Waals surface area contributed by atoms with Crippen molar-refractivity contribution >= 4 is 5.97 Å². The molecule has 0 amide bonds. The van der Waals surface area contributed by atoms with Crippen LogP contribution in [0.25, 0.3) is 0 Å². The van der Waals surface area contributed by atoms with Crippen LogP contribution in [0.1, 0.15) is 13.3 Å². The Labute approximate surface area is 85.4 Å². The van der Waals surface area contributed by atoms with E-state index in [0.717, 1.165) is 4.57 Å². The molecule has 1 N–H and O–H groups in total. The summed E-state index contributed by atoms with van der Waals surface area (Å²) >= 11 is 0. The molecule has 0 spiro atoms. The normalized spacial score (nSPS) is 10.2. The van der Waals surface area contributed by atoms with Gasteiger partial charge >= 0.3 is 11.7 Å². The highest BCUT2D eigenvalue weighted by Gasteiger charge is 2.05. The zero-order valence-electron chi connectivity index (χ0n) is 8.34. The second-order valence-electron chi connectivity index (χ2n) is 3.02. The SMILES string of the molecule is CCn1ccc(=O)n(CCC(=O)O)c1=O. The molecule has 1 heterocycles. The van der Waals surface area contributed by atoms with Gasteiger partial charge in [-0.2, -0.15) is 0 Å². The minimum Gasteiger partial charge on any atom is -0.481 e. The lowest BCUT2D eigenvalue weighted by molar-refractivity contribution is -0.137. The van der Waals surface area contributed by atoms with E-state index in [4.69, 9.17) is 5.11 Å². The summed E-state index contributed by atoms with van der Waals surface area (Å²) in [6.45, 7) is 2.13. The fourth-order valence-electron chi connectivity index (χ4n) is 1.21. The smallest absolute Gasteiger partial charge is 0.330 e. The Bertz CT molecular complexity index is 472. The maximum absolute atomic E-state index is 11.6. The van der Waals surface area contributed by atoms with E-state index >= 15 is 0 Å². The number of aryl methyl sites for hydroxylation is 1. The van der Waals surface area contributed by atoms with Crippen molar-refractivity contribution in [2.24, 2.45) is 0 Å². The van der Waals surface area contributed by atoms with Crippen molar-refractivity contribution in [2.45, 2.75) is 26.4 Å². The molecular weight excluding hydrogens is 200 g/mol. The molecule has 6 heteroatoms. The number of carboxylic acids is 1. The van der Waals surface area contributed by atoms with Gasteiger partial charge in [0.1, 0.15) is 0 Å². The first kappa shape index (κ1) is 11.2. The van der Waals surface area contributed by atoms with Gasteiger partial charge in [0.25, 0.3) is 5.56 Å². The molecule has 0 aromatic carbocycles. The van der Waals surface area contributed by atoms with Crippen LogP contribution in [0.3, 0.4) is 0 Å². The molecule has 1 rings (SSSR count). The van der Waals surface area contributed by atoms with Gasteiger partial charge in [-0.05, 0) is 6.92 Å². The molecule has 0 fully saturated rings. The number of hydrogen-bond acceptors (Lipinski definition) is 3. The Hall–Kier alpha value is -1.85. The Balaban J connectivity index is 3.10. The van der Waals surface area contributed by atoms with Gasteiger partial charge in [-0.1, -0.05) is 0 Å². The summed E-state index contributed by atoms with van der Waals surface area (Å²) in [6, 6.07) is 1.26. The average molecular weight is 212 g/mol. The van der Waals surface area contributed by atoms with E-state index in [0.29, 0.717) is 6.54 Å². The number of aliphatic carboxylic acids is 1. The number of rotatable bonds is 4. The number of carboxylic acid groups (broad SMARTS) is 1. The van der Waals surface area contributed by atoms with Crippen LogP contribution >= 0.6 is 0 Å². The average Bonchev–Trinajstić information content (AvgIpc) is 2.17. The second-order valence-corrected chi connectivity index (χ2v) is 3.02. The molecule has 0 atom stereocenters.